The number of nitrogens with one attached hydrogen (secondary N) is 1. The Labute approximate surface area is 355 Å². The van der Waals surface area contributed by atoms with Gasteiger partial charge in [0, 0.05) is 32.4 Å². The molecule has 1 saturated carbocycles. The average Bonchev–Trinajstić information content (AvgIpc) is 3.73. The minimum Gasteiger partial charge on any atom is -0.382 e. The van der Waals surface area contributed by atoms with Gasteiger partial charge in [0.2, 0.25) is 12.4 Å². The number of likely N-dealkylation sites (N-methyl/N-ethyl adjacent to an activating group) is 1. The molecular formula is C43H54ClF2N9O5. The Hall–Kier alpha value is -5.71. The number of alkyl halides is 2. The number of aldehydes is 2. The maximum absolute atomic E-state index is 13.5. The number of aromatic nitrogens is 6. The van der Waals surface area contributed by atoms with Crippen LogP contribution in [0.1, 0.15) is 88.8 Å². The predicted octanol–water partition coefficient (Wildman–Crippen LogP) is 8.34. The normalized spacial score (nSPS) is 13.3. The number of hydrogen-bond donors (Lipinski definition) is 1. The quantitative estimate of drug-likeness (QED) is 0.0654. The molecule has 2 aromatic heterocycles. The minimum absolute atomic E-state index is 0.0813. The highest BCUT2D eigenvalue weighted by molar-refractivity contribution is 6.33. The van der Waals surface area contributed by atoms with Crippen molar-refractivity contribution in [3.8, 4) is 22.6 Å². The molecule has 0 radical (unpaired) electrons. The molecule has 2 unspecified atom stereocenters. The van der Waals surface area contributed by atoms with Crippen molar-refractivity contribution in [2.45, 2.75) is 78.7 Å². The summed E-state index contributed by atoms with van der Waals surface area (Å²) >= 11 is 6.36. The molecule has 1 fully saturated rings. The minimum atomic E-state index is -2.92. The van der Waals surface area contributed by atoms with Crippen LogP contribution in [0.5, 0.6) is 0 Å². The molecule has 17 heteroatoms. The Kier molecular flexibility index (Phi) is 19.8. The number of carbonyl (C=O) groups excluding carboxylic acids is 3. The van der Waals surface area contributed by atoms with Crippen LogP contribution in [-0.4, -0.2) is 87.5 Å². The summed E-state index contributed by atoms with van der Waals surface area (Å²) in [5, 5.41) is 15.2. The van der Waals surface area contributed by atoms with Crippen molar-refractivity contribution in [2.24, 2.45) is 10.4 Å². The van der Waals surface area contributed by atoms with Crippen molar-refractivity contribution in [1.29, 1.82) is 0 Å². The summed E-state index contributed by atoms with van der Waals surface area (Å²) in [5.74, 6) is -0.0296. The summed E-state index contributed by atoms with van der Waals surface area (Å²) in [7, 11) is 4.85. The molecular weight excluding hydrogens is 796 g/mol. The van der Waals surface area contributed by atoms with Crippen molar-refractivity contribution in [3.63, 3.8) is 0 Å². The van der Waals surface area contributed by atoms with E-state index >= 15 is 0 Å². The smallest absolute Gasteiger partial charge is 0.335 e. The molecule has 2 atom stereocenters. The number of guanidine groups is 1. The number of benzene rings is 3. The molecule has 60 heavy (non-hydrogen) atoms. The van der Waals surface area contributed by atoms with Gasteiger partial charge in [-0.15, -0.1) is 0 Å². The van der Waals surface area contributed by atoms with Gasteiger partial charge in [-0.05, 0) is 54.0 Å². The molecule has 0 saturated heterocycles. The van der Waals surface area contributed by atoms with Crippen LogP contribution in [0.2, 0.25) is 5.02 Å². The Balaban J connectivity index is 0.000000473. The highest BCUT2D eigenvalue weighted by Gasteiger charge is 2.27. The average molecular weight is 850 g/mol. The number of ether oxygens (including phenoxy) is 2. The van der Waals surface area contributed by atoms with Gasteiger partial charge in [-0.25, -0.2) is 9.98 Å². The molecule has 0 aliphatic heterocycles. The molecule has 1 aliphatic carbocycles. The molecule has 2 heterocycles. The van der Waals surface area contributed by atoms with E-state index in [1.807, 2.05) is 42.5 Å². The van der Waals surface area contributed by atoms with Gasteiger partial charge in [0.05, 0.1) is 36.5 Å². The van der Waals surface area contributed by atoms with Gasteiger partial charge in [-0.2, -0.15) is 33.6 Å². The summed E-state index contributed by atoms with van der Waals surface area (Å²) in [4.78, 5) is 44.4. The van der Waals surface area contributed by atoms with Crippen molar-refractivity contribution in [2.75, 3.05) is 27.9 Å². The molecule has 1 amide bonds. The van der Waals surface area contributed by atoms with E-state index in [4.69, 9.17) is 25.9 Å². The van der Waals surface area contributed by atoms with Crippen LogP contribution in [0.4, 0.5) is 8.78 Å². The summed E-state index contributed by atoms with van der Waals surface area (Å²) in [6.07, 6.45) is 6.74. The SMILES string of the molecule is CC(C)(C)C.CC=O.COCC(c1ccc(Cl)c(-c2ncnn2C(F)F)c1)N(C)C(=NC(C=O)c1ccc(-c2cnn(C3CC3)n2)cc1)NC=O.COCc1ccccc1. The Morgan fingerprint density at radius 2 is 1.62 bits per heavy atom. The molecule has 0 spiro atoms. The molecule has 14 nitrogen and oxygen atoms in total. The first kappa shape index (κ1) is 48.7. The van der Waals surface area contributed by atoms with E-state index in [0.717, 1.165) is 36.7 Å². The summed E-state index contributed by atoms with van der Waals surface area (Å²) in [5.41, 5.74) is 4.71. The number of methoxy groups -OCH3 is 2. The van der Waals surface area contributed by atoms with Crippen molar-refractivity contribution in [3.05, 3.63) is 107 Å². The molecule has 6 rings (SSSR count). The zero-order valence-electron chi connectivity index (χ0n) is 35.2. The number of aliphatic imine (C=N–C) groups is 1. The topological polar surface area (TPSA) is 159 Å². The van der Waals surface area contributed by atoms with Gasteiger partial charge in [0.25, 0.3) is 0 Å². The van der Waals surface area contributed by atoms with E-state index in [1.54, 1.807) is 60.4 Å². The lowest BCUT2D eigenvalue weighted by atomic mass is 10.0. The number of nitrogens with zero attached hydrogens (tertiary/aromatic N) is 8. The molecule has 1 N–H and O–H groups in total. The molecule has 322 valence electrons. The van der Waals surface area contributed by atoms with Crippen molar-refractivity contribution < 1.29 is 32.6 Å². The fourth-order valence-corrected chi connectivity index (χ4v) is 5.53. The first-order valence-electron chi connectivity index (χ1n) is 19.1. The third-order valence-electron chi connectivity index (χ3n) is 8.16. The number of halogens is 3. The van der Waals surface area contributed by atoms with E-state index < -0.39 is 18.6 Å². The van der Waals surface area contributed by atoms with E-state index in [1.165, 1.54) is 19.6 Å². The molecule has 3 aromatic carbocycles. The van der Waals surface area contributed by atoms with E-state index in [2.05, 4.69) is 58.3 Å². The van der Waals surface area contributed by atoms with E-state index in [0.29, 0.717) is 46.6 Å². The summed E-state index contributed by atoms with van der Waals surface area (Å²) < 4.78 is 37.9. The van der Waals surface area contributed by atoms with Gasteiger partial charge < -0.3 is 24.0 Å². The first-order valence-corrected chi connectivity index (χ1v) is 19.4. The van der Waals surface area contributed by atoms with E-state index in [-0.39, 0.29) is 29.0 Å². The van der Waals surface area contributed by atoms with Crippen molar-refractivity contribution >= 4 is 36.5 Å². The maximum Gasteiger partial charge on any atom is 0.335 e. The van der Waals surface area contributed by atoms with Crippen LogP contribution >= 0.6 is 11.6 Å². The zero-order chi connectivity index (χ0) is 44.2. The lowest BCUT2D eigenvalue weighted by Gasteiger charge is -2.31. The Morgan fingerprint density at radius 3 is 2.17 bits per heavy atom. The third-order valence-corrected chi connectivity index (χ3v) is 8.49. The monoisotopic (exact) mass is 849 g/mol. The maximum atomic E-state index is 13.5. The van der Waals surface area contributed by atoms with Crippen LogP contribution in [0.3, 0.4) is 0 Å². The second-order valence-corrected chi connectivity index (χ2v) is 15.4. The Bertz CT molecular complexity index is 2080. The van der Waals surface area contributed by atoms with Gasteiger partial charge in [0.15, 0.2) is 5.82 Å². The number of amides is 1. The van der Waals surface area contributed by atoms with Crippen LogP contribution in [-0.2, 0) is 30.5 Å². The fraction of sp³-hybridized carbons (Fsp3) is 0.395. The highest BCUT2D eigenvalue weighted by Crippen LogP contribution is 2.35. The summed E-state index contributed by atoms with van der Waals surface area (Å²) in [6.45, 7) is 8.10. The standard InChI is InChI=1S/C28H28ClF2N9O3.C8H10O.C5H12.C2H4O/c1-38(25(14-43-2)19-7-10-22(29)21(11-19)26-32-15-35-39(26)27(30)31)28(33-16-42)36-24(13-41)18-5-3-17(4-6-18)23-12-34-40(37-23)20-8-9-20;1-9-7-8-5-3-2-4-6-8;1-5(2,3)4;1-2-3/h3-7,10-13,15-16,20,24-25,27H,8-9,14H2,1-2H3,(H,33,36,42);2-6H,7H2,1H3;1-4H3;2H,1H3. The number of hydrogen-bond acceptors (Lipinski definition) is 10. The predicted molar refractivity (Wildman–Crippen MR) is 227 cm³/mol. The lowest BCUT2D eigenvalue weighted by molar-refractivity contribution is -0.109. The second kappa shape index (κ2) is 24.4. The van der Waals surface area contributed by atoms with Gasteiger partial charge in [-0.1, -0.05) is 100.0 Å². The Morgan fingerprint density at radius 1 is 0.983 bits per heavy atom. The second-order valence-electron chi connectivity index (χ2n) is 15.0. The van der Waals surface area contributed by atoms with Gasteiger partial charge in [0.1, 0.15) is 30.6 Å². The van der Waals surface area contributed by atoms with Crippen LogP contribution < -0.4 is 5.32 Å². The lowest BCUT2D eigenvalue weighted by Crippen LogP contribution is -2.42. The number of carbonyl (C=O) groups is 3. The third kappa shape index (κ3) is 15.5. The van der Waals surface area contributed by atoms with Crippen LogP contribution in [0.25, 0.3) is 22.6 Å². The number of rotatable bonds is 14. The molecule has 0 bridgehead atoms. The first-order chi connectivity index (χ1) is 28.7. The fourth-order valence-electron chi connectivity index (χ4n) is 5.32. The van der Waals surface area contributed by atoms with E-state index in [9.17, 15) is 18.4 Å². The van der Waals surface area contributed by atoms with Crippen LogP contribution in [0, 0.1) is 5.41 Å². The molecule has 5 aromatic rings. The summed E-state index contributed by atoms with van der Waals surface area (Å²) in [6, 6.07) is 21.0. The highest BCUT2D eigenvalue weighted by atomic mass is 35.5. The largest absolute Gasteiger partial charge is 0.382 e. The zero-order valence-corrected chi connectivity index (χ0v) is 36.0. The van der Waals surface area contributed by atoms with Gasteiger partial charge in [-0.3, -0.25) is 10.1 Å². The van der Waals surface area contributed by atoms with Crippen LogP contribution in [0.15, 0.2) is 90.3 Å². The van der Waals surface area contributed by atoms with Crippen molar-refractivity contribution in [1.82, 2.24) is 40.0 Å². The van der Waals surface area contributed by atoms with Gasteiger partial charge >= 0.3 is 6.55 Å². The molecule has 1 aliphatic rings.